The van der Waals surface area contributed by atoms with Gasteiger partial charge in [-0.2, -0.15) is 0 Å². The smallest absolute Gasteiger partial charge is 0.265 e. The van der Waals surface area contributed by atoms with Crippen LogP contribution in [-0.2, 0) is 10.0 Å². The minimum Gasteiger partial charge on any atom is -0.398 e. The van der Waals surface area contributed by atoms with Gasteiger partial charge in [0.25, 0.3) is 10.0 Å². The summed E-state index contributed by atoms with van der Waals surface area (Å²) in [6.45, 7) is 0. The normalized spacial score (nSPS) is 11.4. The predicted octanol–water partition coefficient (Wildman–Crippen LogP) is 3.14. The van der Waals surface area contributed by atoms with Crippen molar-refractivity contribution >= 4 is 33.0 Å². The van der Waals surface area contributed by atoms with Crippen LogP contribution in [0.25, 0.3) is 0 Å². The van der Waals surface area contributed by atoms with Gasteiger partial charge in [0.05, 0.1) is 16.4 Å². The Bertz CT molecular complexity index is 792. The van der Waals surface area contributed by atoms with E-state index in [2.05, 4.69) is 0 Å². The van der Waals surface area contributed by atoms with Gasteiger partial charge in [0.2, 0.25) is 0 Å². The molecule has 21 heavy (non-hydrogen) atoms. The van der Waals surface area contributed by atoms with Gasteiger partial charge in [-0.1, -0.05) is 17.7 Å². The summed E-state index contributed by atoms with van der Waals surface area (Å²) >= 11 is 5.75. The summed E-state index contributed by atoms with van der Waals surface area (Å²) in [6.07, 6.45) is 0. The zero-order chi connectivity index (χ0) is 15.8. The number of nitrogens with two attached hydrogens (primary N) is 1. The molecule has 0 aliphatic heterocycles. The molecule has 0 bridgehead atoms. The van der Waals surface area contributed by atoms with E-state index in [1.165, 1.54) is 18.2 Å². The molecule has 112 valence electrons. The highest BCUT2D eigenvalue weighted by Crippen LogP contribution is 2.30. The Kier molecular flexibility index (Phi) is 4.02. The minimum absolute atomic E-state index is 0.169. The quantitative estimate of drug-likeness (QED) is 0.668. The molecule has 0 fully saturated rings. The van der Waals surface area contributed by atoms with Crippen molar-refractivity contribution in [3.63, 3.8) is 0 Å². The SMILES string of the molecule is Nc1cccc(Cl)c1S(=O)(=O)Nc1ccc(F)c(F)c1F. The molecule has 4 nitrogen and oxygen atoms in total. The van der Waals surface area contributed by atoms with Gasteiger partial charge in [-0.05, 0) is 24.3 Å². The molecule has 0 saturated heterocycles. The molecule has 3 N–H and O–H groups in total. The largest absolute Gasteiger partial charge is 0.398 e. The van der Waals surface area contributed by atoms with E-state index in [0.29, 0.717) is 6.07 Å². The van der Waals surface area contributed by atoms with Crippen LogP contribution in [-0.4, -0.2) is 8.42 Å². The van der Waals surface area contributed by atoms with Gasteiger partial charge >= 0.3 is 0 Å². The first-order chi connectivity index (χ1) is 9.74. The van der Waals surface area contributed by atoms with Gasteiger partial charge in [0.15, 0.2) is 17.5 Å². The van der Waals surface area contributed by atoms with E-state index in [9.17, 15) is 21.6 Å². The second kappa shape index (κ2) is 5.45. The molecule has 0 heterocycles. The summed E-state index contributed by atoms with van der Waals surface area (Å²) < 4.78 is 65.5. The lowest BCUT2D eigenvalue weighted by atomic mass is 10.3. The van der Waals surface area contributed by atoms with E-state index in [1.807, 2.05) is 0 Å². The van der Waals surface area contributed by atoms with Crippen LogP contribution in [0, 0.1) is 17.5 Å². The van der Waals surface area contributed by atoms with Crippen molar-refractivity contribution in [3.05, 3.63) is 52.8 Å². The first kappa shape index (κ1) is 15.5. The van der Waals surface area contributed by atoms with Crippen molar-refractivity contribution in [2.24, 2.45) is 0 Å². The number of anilines is 2. The Morgan fingerprint density at radius 2 is 1.71 bits per heavy atom. The van der Waals surface area contributed by atoms with Crippen LogP contribution in [0.2, 0.25) is 5.02 Å². The maximum absolute atomic E-state index is 13.5. The number of benzene rings is 2. The Morgan fingerprint density at radius 1 is 1.05 bits per heavy atom. The second-order valence-corrected chi connectivity index (χ2v) is 6.01. The van der Waals surface area contributed by atoms with Crippen molar-refractivity contribution in [1.29, 1.82) is 0 Å². The van der Waals surface area contributed by atoms with Crippen molar-refractivity contribution < 1.29 is 21.6 Å². The van der Waals surface area contributed by atoms with Gasteiger partial charge < -0.3 is 5.73 Å². The van der Waals surface area contributed by atoms with E-state index in [0.717, 1.165) is 6.07 Å². The van der Waals surface area contributed by atoms with Crippen LogP contribution < -0.4 is 10.5 Å². The second-order valence-electron chi connectivity index (χ2n) is 3.99. The lowest BCUT2D eigenvalue weighted by molar-refractivity contribution is 0.449. The molecule has 2 aromatic rings. The van der Waals surface area contributed by atoms with E-state index in [1.54, 1.807) is 4.72 Å². The van der Waals surface area contributed by atoms with Gasteiger partial charge in [0, 0.05) is 0 Å². The highest BCUT2D eigenvalue weighted by molar-refractivity contribution is 7.93. The maximum Gasteiger partial charge on any atom is 0.265 e. The Labute approximate surface area is 123 Å². The molecule has 2 rings (SSSR count). The molecular weight excluding hydrogens is 329 g/mol. The van der Waals surface area contributed by atoms with Gasteiger partial charge in [-0.25, -0.2) is 21.6 Å². The standard InChI is InChI=1S/C12H8ClF3N2O2S/c13-6-2-1-3-8(17)12(6)21(19,20)18-9-5-4-7(14)10(15)11(9)16/h1-5,18H,17H2. The monoisotopic (exact) mass is 336 g/mol. The number of sulfonamides is 1. The number of nitrogen functional groups attached to an aromatic ring is 1. The van der Waals surface area contributed by atoms with Crippen LogP contribution in [0.1, 0.15) is 0 Å². The van der Waals surface area contributed by atoms with Crippen molar-refractivity contribution in [2.75, 3.05) is 10.5 Å². The van der Waals surface area contributed by atoms with Gasteiger partial charge in [-0.15, -0.1) is 0 Å². The molecule has 0 amide bonds. The molecule has 0 atom stereocenters. The third kappa shape index (κ3) is 2.91. The highest BCUT2D eigenvalue weighted by Gasteiger charge is 2.24. The Hall–Kier alpha value is -1.93. The molecule has 0 radical (unpaired) electrons. The van der Waals surface area contributed by atoms with E-state index < -0.39 is 38.1 Å². The summed E-state index contributed by atoms with van der Waals surface area (Å²) in [6, 6.07) is 5.31. The fraction of sp³-hybridized carbons (Fsp3) is 0. The topological polar surface area (TPSA) is 72.2 Å². The summed E-state index contributed by atoms with van der Waals surface area (Å²) in [5, 5.41) is -0.189. The molecule has 0 aliphatic rings. The molecule has 2 aromatic carbocycles. The van der Waals surface area contributed by atoms with Crippen LogP contribution in [0.4, 0.5) is 24.5 Å². The first-order valence-electron chi connectivity index (χ1n) is 5.44. The number of hydrogen-bond donors (Lipinski definition) is 2. The molecular formula is C12H8ClF3N2O2S. The number of rotatable bonds is 3. The molecule has 0 unspecified atom stereocenters. The predicted molar refractivity (Wildman–Crippen MR) is 73.0 cm³/mol. The molecule has 0 saturated carbocycles. The summed E-state index contributed by atoms with van der Waals surface area (Å²) in [5.41, 5.74) is 4.60. The number of nitrogens with one attached hydrogen (secondary N) is 1. The van der Waals surface area contributed by atoms with Crippen molar-refractivity contribution in [2.45, 2.75) is 4.90 Å². The zero-order valence-corrected chi connectivity index (χ0v) is 11.8. The molecule has 0 spiro atoms. The van der Waals surface area contributed by atoms with E-state index in [-0.39, 0.29) is 10.7 Å². The van der Waals surface area contributed by atoms with Crippen molar-refractivity contribution in [3.8, 4) is 0 Å². The third-order valence-corrected chi connectivity index (χ3v) is 4.45. The van der Waals surface area contributed by atoms with E-state index in [4.69, 9.17) is 17.3 Å². The maximum atomic E-state index is 13.5. The minimum atomic E-state index is -4.36. The third-order valence-electron chi connectivity index (χ3n) is 2.55. The fourth-order valence-corrected chi connectivity index (χ4v) is 3.35. The average molecular weight is 337 g/mol. The fourth-order valence-electron chi connectivity index (χ4n) is 1.61. The summed E-state index contributed by atoms with van der Waals surface area (Å²) in [5.74, 6) is -4.89. The Balaban J connectivity index is 2.51. The van der Waals surface area contributed by atoms with Crippen LogP contribution in [0.3, 0.4) is 0 Å². The van der Waals surface area contributed by atoms with Crippen molar-refractivity contribution in [1.82, 2.24) is 0 Å². The van der Waals surface area contributed by atoms with Gasteiger partial charge in [0.1, 0.15) is 4.90 Å². The lowest BCUT2D eigenvalue weighted by Crippen LogP contribution is -2.16. The lowest BCUT2D eigenvalue weighted by Gasteiger charge is -2.12. The first-order valence-corrected chi connectivity index (χ1v) is 7.30. The van der Waals surface area contributed by atoms with Crippen LogP contribution in [0.15, 0.2) is 35.2 Å². The average Bonchev–Trinajstić information content (AvgIpc) is 2.39. The number of halogens is 4. The molecule has 0 aromatic heterocycles. The summed E-state index contributed by atoms with van der Waals surface area (Å²) in [7, 11) is -4.36. The zero-order valence-electron chi connectivity index (χ0n) is 10.2. The molecule has 9 heteroatoms. The van der Waals surface area contributed by atoms with Crippen LogP contribution in [0.5, 0.6) is 0 Å². The van der Waals surface area contributed by atoms with E-state index >= 15 is 0 Å². The summed E-state index contributed by atoms with van der Waals surface area (Å²) in [4.78, 5) is -0.476. The highest BCUT2D eigenvalue weighted by atomic mass is 35.5. The van der Waals surface area contributed by atoms with Crippen LogP contribution >= 0.6 is 11.6 Å². The van der Waals surface area contributed by atoms with Gasteiger partial charge in [-0.3, -0.25) is 4.72 Å². The number of hydrogen-bond acceptors (Lipinski definition) is 3. The molecule has 0 aliphatic carbocycles. The Morgan fingerprint density at radius 3 is 2.33 bits per heavy atom.